The maximum absolute atomic E-state index is 14.3. The predicted octanol–water partition coefficient (Wildman–Crippen LogP) is -0.807. The molecule has 19 heteroatoms. The number of fused-ring (bicyclic) bond motifs is 1. The van der Waals surface area contributed by atoms with Gasteiger partial charge in [0, 0.05) is 60.4 Å². The number of unbranched alkanes of at least 4 members (excludes halogenated alkanes) is 1. The normalized spacial score (nSPS) is 14.2. The van der Waals surface area contributed by atoms with E-state index in [0.29, 0.717) is 42.5 Å². The molecule has 316 valence electrons. The van der Waals surface area contributed by atoms with Crippen LogP contribution in [0.1, 0.15) is 48.9 Å². The van der Waals surface area contributed by atoms with E-state index in [-0.39, 0.29) is 44.3 Å². The number of H-pyrrole nitrogens is 2. The molecular weight excluding hydrogens is 779 g/mol. The molecule has 0 unspecified atom stereocenters. The zero-order valence-corrected chi connectivity index (χ0v) is 33.4. The van der Waals surface area contributed by atoms with E-state index in [1.54, 1.807) is 36.5 Å². The molecule has 6 amide bonds. The fourth-order valence-electron chi connectivity index (χ4n) is 6.32. The summed E-state index contributed by atoms with van der Waals surface area (Å²) >= 11 is 4.25. The van der Waals surface area contributed by atoms with E-state index in [0.717, 1.165) is 10.9 Å². The predicted molar refractivity (Wildman–Crippen MR) is 223 cm³/mol. The highest BCUT2D eigenvalue weighted by molar-refractivity contribution is 7.80. The van der Waals surface area contributed by atoms with Crippen LogP contribution in [0.2, 0.25) is 0 Å². The third-order valence-electron chi connectivity index (χ3n) is 9.57. The van der Waals surface area contributed by atoms with Crippen molar-refractivity contribution in [3.8, 4) is 0 Å². The average Bonchev–Trinajstić information content (AvgIpc) is 3.90. The number of carbonyl (C=O) groups is 7. The van der Waals surface area contributed by atoms with Crippen LogP contribution in [0, 0.1) is 0 Å². The molecule has 2 aromatic heterocycles. The number of nitrogens with zero attached hydrogens (tertiary/aromatic N) is 1. The Labute approximate surface area is 346 Å². The molecule has 0 aliphatic carbocycles. The maximum atomic E-state index is 14.3. The number of rotatable bonds is 25. The van der Waals surface area contributed by atoms with Crippen LogP contribution in [0.3, 0.4) is 0 Å². The zero-order valence-electron chi connectivity index (χ0n) is 32.5. The molecule has 0 spiro atoms. The summed E-state index contributed by atoms with van der Waals surface area (Å²) in [4.78, 5) is 102. The van der Waals surface area contributed by atoms with E-state index < -0.39 is 71.7 Å². The van der Waals surface area contributed by atoms with Crippen molar-refractivity contribution in [1.82, 2.24) is 41.5 Å². The van der Waals surface area contributed by atoms with Crippen molar-refractivity contribution in [2.24, 2.45) is 17.2 Å². The number of aromatic amines is 2. The third-order valence-corrected chi connectivity index (χ3v) is 9.93. The number of para-hydroxylation sites is 1. The molecule has 2 heterocycles. The van der Waals surface area contributed by atoms with Gasteiger partial charge >= 0.3 is 0 Å². The Balaban J connectivity index is 1.56. The molecule has 4 rings (SSSR count). The zero-order chi connectivity index (χ0) is 42.7. The summed E-state index contributed by atoms with van der Waals surface area (Å²) in [7, 11) is 0. The largest absolute Gasteiger partial charge is 0.370 e. The first kappa shape index (κ1) is 45.6. The molecule has 6 atom stereocenters. The fourth-order valence-corrected chi connectivity index (χ4v) is 6.58. The lowest BCUT2D eigenvalue weighted by molar-refractivity contribution is -0.134. The highest BCUT2D eigenvalue weighted by atomic mass is 32.1. The molecule has 13 N–H and O–H groups in total. The molecule has 0 aliphatic rings. The van der Waals surface area contributed by atoms with Crippen LogP contribution in [-0.4, -0.2) is 105 Å². The first-order valence-electron chi connectivity index (χ1n) is 19.3. The van der Waals surface area contributed by atoms with Gasteiger partial charge in [0.05, 0.1) is 18.4 Å². The van der Waals surface area contributed by atoms with Gasteiger partial charge in [0.1, 0.15) is 30.5 Å². The molecule has 2 aromatic carbocycles. The Bertz CT molecular complexity index is 2010. The first-order chi connectivity index (χ1) is 28.4. The van der Waals surface area contributed by atoms with E-state index in [2.05, 4.69) is 54.2 Å². The topological polar surface area (TPSA) is 302 Å². The van der Waals surface area contributed by atoms with Crippen LogP contribution in [0.5, 0.6) is 0 Å². The molecule has 0 aliphatic heterocycles. The fraction of sp³-hybridized carbons (Fsp3) is 0.400. The van der Waals surface area contributed by atoms with Crippen molar-refractivity contribution in [3.05, 3.63) is 90.1 Å². The minimum absolute atomic E-state index is 0.00240. The smallest absolute Gasteiger partial charge is 0.244 e. The van der Waals surface area contributed by atoms with Gasteiger partial charge in [0.2, 0.25) is 35.4 Å². The van der Waals surface area contributed by atoms with Gasteiger partial charge in [-0.05, 0) is 49.4 Å². The number of thiol groups is 1. The number of aromatic nitrogens is 3. The number of amides is 6. The standard InChI is InChI=1S/C40H53N11O7S/c41-15-7-6-12-31(48-40(58)34(22-59)51-36(54)29(42)18-27-20-44-23-46-27)37(55)49-32(16-24-8-2-1-3-9-24)39(57)50-33(38(56)47-26(21-52)13-14-35(43)53)17-25-19-45-30-11-5-4-10-28(25)30/h1-5,8-11,19-21,23,26,29,31-34,45,59H,6-7,12-18,22,41-42H2,(H2,43,53)(H,44,46)(H,47,56)(H,48,58)(H,49,55)(H,50,57)(H,51,54)/t26-,29-,31-,32-,33-,34-/m0/s1. The van der Waals surface area contributed by atoms with Crippen molar-refractivity contribution >= 4 is 65.3 Å². The number of hydrogen-bond acceptors (Lipinski definition) is 11. The van der Waals surface area contributed by atoms with Gasteiger partial charge in [-0.2, -0.15) is 12.6 Å². The van der Waals surface area contributed by atoms with E-state index in [1.165, 1.54) is 12.5 Å². The van der Waals surface area contributed by atoms with Gasteiger partial charge in [-0.15, -0.1) is 0 Å². The summed E-state index contributed by atoms with van der Waals surface area (Å²) in [5.74, 6) is -4.20. The summed E-state index contributed by atoms with van der Waals surface area (Å²) in [5.41, 5.74) is 19.9. The summed E-state index contributed by atoms with van der Waals surface area (Å²) in [6.45, 7) is 0.332. The molecule has 0 saturated carbocycles. The number of benzene rings is 2. The molecule has 4 aromatic rings. The SMILES string of the molecule is NCCCC[C@H](NC(=O)[C@H](CS)NC(=O)[C@@H](N)Cc1cnc[nH]1)C(=O)N[C@@H](Cc1ccccc1)C(=O)N[C@@H](Cc1c[nH]c2ccccc12)C(=O)N[C@H](C=O)CCC(N)=O. The second-order valence-corrected chi connectivity index (χ2v) is 14.5. The highest BCUT2D eigenvalue weighted by Gasteiger charge is 2.32. The Morgan fingerprint density at radius 1 is 0.729 bits per heavy atom. The Morgan fingerprint density at radius 3 is 2.02 bits per heavy atom. The molecule has 0 bridgehead atoms. The lowest BCUT2D eigenvalue weighted by atomic mass is 10.0. The van der Waals surface area contributed by atoms with Crippen LogP contribution in [0.15, 0.2) is 73.3 Å². The first-order valence-corrected chi connectivity index (χ1v) is 19.9. The van der Waals surface area contributed by atoms with Crippen LogP contribution >= 0.6 is 12.6 Å². The van der Waals surface area contributed by atoms with Crippen LogP contribution in [0.25, 0.3) is 10.9 Å². The molecule has 59 heavy (non-hydrogen) atoms. The molecule has 0 radical (unpaired) electrons. The summed E-state index contributed by atoms with van der Waals surface area (Å²) in [6.07, 6.45) is 6.25. The quantitative estimate of drug-likeness (QED) is 0.0224. The van der Waals surface area contributed by atoms with Crippen molar-refractivity contribution in [2.75, 3.05) is 12.3 Å². The van der Waals surface area contributed by atoms with Crippen molar-refractivity contribution in [1.29, 1.82) is 0 Å². The van der Waals surface area contributed by atoms with E-state index >= 15 is 0 Å². The number of aldehydes is 1. The third kappa shape index (κ3) is 14.4. The Kier molecular flexibility index (Phi) is 18.1. The maximum Gasteiger partial charge on any atom is 0.244 e. The average molecular weight is 832 g/mol. The molecular formula is C40H53N11O7S. The molecule has 0 fully saturated rings. The van der Waals surface area contributed by atoms with E-state index in [1.807, 2.05) is 24.3 Å². The van der Waals surface area contributed by atoms with Gasteiger partial charge < -0.3 is 58.5 Å². The second-order valence-electron chi connectivity index (χ2n) is 14.1. The van der Waals surface area contributed by atoms with Crippen LogP contribution in [-0.2, 0) is 52.8 Å². The lowest BCUT2D eigenvalue weighted by Crippen LogP contribution is -2.60. The van der Waals surface area contributed by atoms with Gasteiger partial charge in [-0.1, -0.05) is 48.5 Å². The summed E-state index contributed by atoms with van der Waals surface area (Å²) in [5, 5.41) is 14.3. The number of hydrogen-bond donors (Lipinski definition) is 11. The number of primary amides is 1. The summed E-state index contributed by atoms with van der Waals surface area (Å²) < 4.78 is 0. The lowest BCUT2D eigenvalue weighted by Gasteiger charge is -2.27. The molecule has 18 nitrogen and oxygen atoms in total. The second kappa shape index (κ2) is 23.4. The minimum Gasteiger partial charge on any atom is -0.370 e. The van der Waals surface area contributed by atoms with E-state index in [9.17, 15) is 33.6 Å². The van der Waals surface area contributed by atoms with Crippen LogP contribution < -0.4 is 43.8 Å². The van der Waals surface area contributed by atoms with Crippen LogP contribution in [0.4, 0.5) is 0 Å². The van der Waals surface area contributed by atoms with Crippen molar-refractivity contribution in [2.45, 2.75) is 87.6 Å². The highest BCUT2D eigenvalue weighted by Crippen LogP contribution is 2.20. The number of carbonyl (C=O) groups excluding carboxylic acids is 7. The molecule has 0 saturated heterocycles. The van der Waals surface area contributed by atoms with Gasteiger partial charge in [-0.25, -0.2) is 4.98 Å². The van der Waals surface area contributed by atoms with Crippen molar-refractivity contribution < 1.29 is 33.6 Å². The Morgan fingerprint density at radius 2 is 1.36 bits per heavy atom. The number of nitrogens with two attached hydrogens (primary N) is 3. The minimum atomic E-state index is -1.25. The Hall–Kier alpha value is -6.05. The number of nitrogens with one attached hydrogen (secondary N) is 7. The van der Waals surface area contributed by atoms with Gasteiger partial charge in [-0.3, -0.25) is 28.8 Å². The number of imidazole rings is 1. The van der Waals surface area contributed by atoms with Gasteiger partial charge in [0.15, 0.2) is 0 Å². The monoisotopic (exact) mass is 831 g/mol. The van der Waals surface area contributed by atoms with Crippen molar-refractivity contribution in [3.63, 3.8) is 0 Å². The summed E-state index contributed by atoms with van der Waals surface area (Å²) in [6, 6.07) is 9.38. The van der Waals surface area contributed by atoms with Gasteiger partial charge in [0.25, 0.3) is 0 Å². The van der Waals surface area contributed by atoms with E-state index in [4.69, 9.17) is 17.2 Å².